The molecule has 0 aromatic carbocycles. The lowest BCUT2D eigenvalue weighted by Crippen LogP contribution is -2.56. The van der Waals surface area contributed by atoms with Gasteiger partial charge in [0.25, 0.3) is 0 Å². The molecule has 2 rings (SSSR count). The Bertz CT molecular complexity index is 544. The van der Waals surface area contributed by atoms with Gasteiger partial charge in [-0.3, -0.25) is 14.5 Å². The maximum atomic E-state index is 13.2. The van der Waals surface area contributed by atoms with E-state index in [-0.39, 0.29) is 17.7 Å². The van der Waals surface area contributed by atoms with Crippen LogP contribution < -0.4 is 5.32 Å². The number of nitrogens with one attached hydrogen (secondary N) is 1. The summed E-state index contributed by atoms with van der Waals surface area (Å²) in [5, 5.41) is 2.93. The van der Waals surface area contributed by atoms with E-state index in [0.29, 0.717) is 32.6 Å². The van der Waals surface area contributed by atoms with Crippen LogP contribution in [-0.4, -0.2) is 65.5 Å². The Morgan fingerprint density at radius 1 is 1.07 bits per heavy atom. The van der Waals surface area contributed by atoms with Gasteiger partial charge in [-0.05, 0) is 59.3 Å². The van der Waals surface area contributed by atoms with Crippen molar-refractivity contribution < 1.29 is 19.1 Å². The molecule has 7 nitrogen and oxygen atoms in total. The van der Waals surface area contributed by atoms with Gasteiger partial charge >= 0.3 is 6.09 Å². The molecule has 2 fully saturated rings. The summed E-state index contributed by atoms with van der Waals surface area (Å²) in [5.41, 5.74) is -0.588. The molecule has 2 heterocycles. The van der Waals surface area contributed by atoms with Gasteiger partial charge in [0.2, 0.25) is 11.8 Å². The van der Waals surface area contributed by atoms with Crippen molar-refractivity contribution in [1.82, 2.24) is 15.1 Å². The lowest BCUT2D eigenvalue weighted by molar-refractivity contribution is -0.141. The van der Waals surface area contributed by atoms with Crippen molar-refractivity contribution >= 4 is 17.9 Å². The molecule has 0 saturated carbocycles. The number of likely N-dealkylation sites (tertiary alicyclic amines) is 2. The third kappa shape index (κ3) is 6.11. The van der Waals surface area contributed by atoms with E-state index < -0.39 is 17.7 Å². The molecule has 0 aliphatic carbocycles. The predicted octanol–water partition coefficient (Wildman–Crippen LogP) is 2.54. The van der Waals surface area contributed by atoms with E-state index in [1.807, 2.05) is 27.7 Å². The van der Waals surface area contributed by atoms with Gasteiger partial charge in [-0.15, -0.1) is 0 Å². The average molecular weight is 382 g/mol. The van der Waals surface area contributed by atoms with Gasteiger partial charge < -0.3 is 15.0 Å². The van der Waals surface area contributed by atoms with Crippen LogP contribution in [0, 0.1) is 5.92 Å². The molecule has 2 atom stereocenters. The molecule has 0 spiro atoms. The second-order valence-electron chi connectivity index (χ2n) is 8.60. The molecule has 2 aliphatic heterocycles. The molecule has 27 heavy (non-hydrogen) atoms. The van der Waals surface area contributed by atoms with Crippen molar-refractivity contribution in [1.29, 1.82) is 0 Å². The Morgan fingerprint density at radius 2 is 1.81 bits per heavy atom. The highest BCUT2D eigenvalue weighted by atomic mass is 16.6. The predicted molar refractivity (Wildman–Crippen MR) is 103 cm³/mol. The number of rotatable bonds is 4. The molecule has 0 aromatic rings. The number of nitrogens with zero attached hydrogens (tertiary/aromatic N) is 2. The minimum absolute atomic E-state index is 0.0296. The first-order valence-electron chi connectivity index (χ1n) is 10.3. The maximum Gasteiger partial charge on any atom is 0.410 e. The largest absolute Gasteiger partial charge is 0.444 e. The van der Waals surface area contributed by atoms with Crippen LogP contribution in [0.4, 0.5) is 4.79 Å². The molecule has 2 unspecified atom stereocenters. The molecule has 1 N–H and O–H groups in total. The number of hydrogen-bond donors (Lipinski definition) is 1. The first kappa shape index (κ1) is 21.5. The maximum absolute atomic E-state index is 13.2. The zero-order valence-electron chi connectivity index (χ0n) is 17.3. The molecular weight excluding hydrogens is 346 g/mol. The van der Waals surface area contributed by atoms with E-state index in [2.05, 4.69) is 5.32 Å². The van der Waals surface area contributed by atoms with Crippen LogP contribution in [0.2, 0.25) is 0 Å². The van der Waals surface area contributed by atoms with Crippen molar-refractivity contribution in [2.45, 2.75) is 77.9 Å². The Labute approximate surface area is 162 Å². The van der Waals surface area contributed by atoms with Crippen molar-refractivity contribution in [3.63, 3.8) is 0 Å². The highest BCUT2D eigenvalue weighted by Gasteiger charge is 2.38. The molecule has 0 aromatic heterocycles. The zero-order chi connectivity index (χ0) is 20.0. The van der Waals surface area contributed by atoms with Crippen molar-refractivity contribution in [3.05, 3.63) is 0 Å². The summed E-state index contributed by atoms with van der Waals surface area (Å²) in [6.07, 6.45) is 4.55. The topological polar surface area (TPSA) is 79.0 Å². The standard InChI is InChI=1S/C20H35N3O4/c1-5-11-21-17(24)15-9-8-12-22(14-15)18(25)16-10-6-7-13-23(16)19(26)27-20(2,3)4/h15-16H,5-14H2,1-4H3,(H,21,24). The number of hydrogen-bond acceptors (Lipinski definition) is 4. The van der Waals surface area contributed by atoms with Gasteiger partial charge in [0.05, 0.1) is 5.92 Å². The molecule has 0 bridgehead atoms. The Morgan fingerprint density at radius 3 is 2.48 bits per heavy atom. The summed E-state index contributed by atoms with van der Waals surface area (Å²) < 4.78 is 5.50. The van der Waals surface area contributed by atoms with Crippen LogP contribution >= 0.6 is 0 Å². The Kier molecular flexibility index (Phi) is 7.50. The SMILES string of the molecule is CCCNC(=O)C1CCCN(C(=O)C2CCCCN2C(=O)OC(C)(C)C)C1. The summed E-state index contributed by atoms with van der Waals surface area (Å²) in [7, 11) is 0. The summed E-state index contributed by atoms with van der Waals surface area (Å²) in [6, 6.07) is -0.481. The minimum atomic E-state index is -0.588. The third-order valence-corrected chi connectivity index (χ3v) is 5.07. The van der Waals surface area contributed by atoms with Crippen LogP contribution in [0.25, 0.3) is 0 Å². The molecule has 0 radical (unpaired) electrons. The second-order valence-corrected chi connectivity index (χ2v) is 8.60. The molecule has 7 heteroatoms. The Balaban J connectivity index is 2.02. The van der Waals surface area contributed by atoms with Gasteiger partial charge in [-0.25, -0.2) is 4.79 Å². The van der Waals surface area contributed by atoms with E-state index in [0.717, 1.165) is 32.1 Å². The Hall–Kier alpha value is -1.79. The van der Waals surface area contributed by atoms with Crippen LogP contribution in [0.15, 0.2) is 0 Å². The van der Waals surface area contributed by atoms with Gasteiger partial charge in [0.15, 0.2) is 0 Å². The fourth-order valence-electron chi connectivity index (χ4n) is 3.72. The number of ether oxygens (including phenoxy) is 1. The first-order chi connectivity index (χ1) is 12.7. The highest BCUT2D eigenvalue weighted by Crippen LogP contribution is 2.25. The van der Waals surface area contributed by atoms with E-state index in [9.17, 15) is 14.4 Å². The lowest BCUT2D eigenvalue weighted by atomic mass is 9.95. The van der Waals surface area contributed by atoms with Crippen LogP contribution in [-0.2, 0) is 14.3 Å². The van der Waals surface area contributed by atoms with E-state index >= 15 is 0 Å². The molecule has 2 saturated heterocycles. The van der Waals surface area contributed by atoms with Gasteiger partial charge in [-0.1, -0.05) is 6.92 Å². The summed E-state index contributed by atoms with van der Waals surface area (Å²) >= 11 is 0. The van der Waals surface area contributed by atoms with Gasteiger partial charge in [0, 0.05) is 26.2 Å². The highest BCUT2D eigenvalue weighted by molar-refractivity contribution is 5.87. The number of carbonyl (C=O) groups excluding carboxylic acids is 3. The fraction of sp³-hybridized carbons (Fsp3) is 0.850. The number of amides is 3. The zero-order valence-corrected chi connectivity index (χ0v) is 17.3. The molecule has 3 amide bonds. The van der Waals surface area contributed by atoms with E-state index in [1.54, 1.807) is 9.80 Å². The molecule has 2 aliphatic rings. The first-order valence-corrected chi connectivity index (χ1v) is 10.3. The number of carbonyl (C=O) groups is 3. The minimum Gasteiger partial charge on any atom is -0.444 e. The van der Waals surface area contributed by atoms with Crippen molar-refractivity contribution in [2.24, 2.45) is 5.92 Å². The lowest BCUT2D eigenvalue weighted by Gasteiger charge is -2.40. The second kappa shape index (κ2) is 9.42. The van der Waals surface area contributed by atoms with Crippen molar-refractivity contribution in [3.8, 4) is 0 Å². The summed E-state index contributed by atoms with van der Waals surface area (Å²) in [4.78, 5) is 41.4. The van der Waals surface area contributed by atoms with Gasteiger partial charge in [-0.2, -0.15) is 0 Å². The smallest absolute Gasteiger partial charge is 0.410 e. The monoisotopic (exact) mass is 381 g/mol. The van der Waals surface area contributed by atoms with E-state index in [4.69, 9.17) is 4.74 Å². The number of piperidine rings is 2. The quantitative estimate of drug-likeness (QED) is 0.812. The van der Waals surface area contributed by atoms with E-state index in [1.165, 1.54) is 0 Å². The fourth-order valence-corrected chi connectivity index (χ4v) is 3.72. The molecular formula is C20H35N3O4. The van der Waals surface area contributed by atoms with Crippen molar-refractivity contribution in [2.75, 3.05) is 26.2 Å². The summed E-state index contributed by atoms with van der Waals surface area (Å²) in [5.74, 6) is -0.177. The average Bonchev–Trinajstić information content (AvgIpc) is 2.64. The van der Waals surface area contributed by atoms with Crippen LogP contribution in [0.3, 0.4) is 0 Å². The van der Waals surface area contributed by atoms with Gasteiger partial charge in [0.1, 0.15) is 11.6 Å². The normalized spacial score (nSPS) is 23.7. The van der Waals surface area contributed by atoms with Crippen LogP contribution in [0.1, 0.15) is 66.2 Å². The third-order valence-electron chi connectivity index (χ3n) is 5.07. The van der Waals surface area contributed by atoms with Crippen LogP contribution in [0.5, 0.6) is 0 Å². The molecule has 154 valence electrons. The summed E-state index contributed by atoms with van der Waals surface area (Å²) in [6.45, 7) is 9.80.